The smallest absolute Gasteiger partial charge is 0.0717 e. The molecule has 1 fully saturated rings. The Balaban J connectivity index is 2.25. The summed E-state index contributed by atoms with van der Waals surface area (Å²) in [5.74, 6) is 0. The van der Waals surface area contributed by atoms with Gasteiger partial charge in [-0.2, -0.15) is 0 Å². The highest BCUT2D eigenvalue weighted by Crippen LogP contribution is 2.09. The van der Waals surface area contributed by atoms with Crippen LogP contribution in [0.4, 0.5) is 0 Å². The summed E-state index contributed by atoms with van der Waals surface area (Å²) in [6, 6.07) is 0. The first-order chi connectivity index (χ1) is 4.86. The van der Waals surface area contributed by atoms with Crippen LogP contribution in [0, 0.1) is 0 Å². The molecule has 1 saturated heterocycles. The van der Waals surface area contributed by atoms with Gasteiger partial charge in [-0.25, -0.2) is 5.32 Å². The molecule has 1 heterocycles. The summed E-state index contributed by atoms with van der Waals surface area (Å²) in [7, 11) is 0. The first-order valence-corrected chi connectivity index (χ1v) is 4.15. The highest BCUT2D eigenvalue weighted by atomic mass is 16.5. The SMILES string of the molecule is CC[C@@H]1C[N]C[C@@H](CC)O1. The lowest BCUT2D eigenvalue weighted by atomic mass is 10.2. The molecule has 0 unspecified atom stereocenters. The second-order valence-electron chi connectivity index (χ2n) is 2.79. The summed E-state index contributed by atoms with van der Waals surface area (Å²) < 4.78 is 5.69. The van der Waals surface area contributed by atoms with Gasteiger partial charge in [-0.1, -0.05) is 13.8 Å². The zero-order chi connectivity index (χ0) is 7.40. The Morgan fingerprint density at radius 1 is 1.20 bits per heavy atom. The molecule has 0 aliphatic carbocycles. The summed E-state index contributed by atoms with van der Waals surface area (Å²) in [6.45, 7) is 6.12. The van der Waals surface area contributed by atoms with E-state index in [1.54, 1.807) is 0 Å². The van der Waals surface area contributed by atoms with E-state index in [-0.39, 0.29) is 0 Å². The number of ether oxygens (including phenoxy) is 1. The van der Waals surface area contributed by atoms with Crippen LogP contribution in [0.3, 0.4) is 0 Å². The van der Waals surface area contributed by atoms with Crippen molar-refractivity contribution in [1.82, 2.24) is 5.32 Å². The molecular weight excluding hydrogens is 126 g/mol. The highest BCUT2D eigenvalue weighted by molar-refractivity contribution is 4.71. The van der Waals surface area contributed by atoms with Gasteiger partial charge in [0.15, 0.2) is 0 Å². The molecule has 0 bridgehead atoms. The lowest BCUT2D eigenvalue weighted by molar-refractivity contribution is -0.0407. The van der Waals surface area contributed by atoms with Crippen molar-refractivity contribution in [2.24, 2.45) is 0 Å². The van der Waals surface area contributed by atoms with E-state index in [0.717, 1.165) is 25.9 Å². The van der Waals surface area contributed by atoms with Crippen LogP contribution in [0.15, 0.2) is 0 Å². The summed E-state index contributed by atoms with van der Waals surface area (Å²) in [4.78, 5) is 0. The van der Waals surface area contributed by atoms with Crippen molar-refractivity contribution in [3.8, 4) is 0 Å². The van der Waals surface area contributed by atoms with E-state index in [9.17, 15) is 0 Å². The Bertz CT molecular complexity index is 85.3. The van der Waals surface area contributed by atoms with Crippen LogP contribution >= 0.6 is 0 Å². The monoisotopic (exact) mass is 142 g/mol. The molecule has 10 heavy (non-hydrogen) atoms. The van der Waals surface area contributed by atoms with E-state index in [4.69, 9.17) is 4.74 Å². The van der Waals surface area contributed by atoms with Gasteiger partial charge in [-0.15, -0.1) is 0 Å². The maximum absolute atomic E-state index is 5.69. The van der Waals surface area contributed by atoms with E-state index in [1.165, 1.54) is 0 Å². The third kappa shape index (κ3) is 1.96. The molecule has 1 aliphatic heterocycles. The molecule has 2 heteroatoms. The highest BCUT2D eigenvalue weighted by Gasteiger charge is 2.19. The predicted octanol–water partition coefficient (Wildman–Crippen LogP) is 1.18. The first-order valence-electron chi connectivity index (χ1n) is 4.15. The first kappa shape index (κ1) is 8.02. The molecule has 0 spiro atoms. The molecule has 1 radical (unpaired) electrons. The van der Waals surface area contributed by atoms with E-state index < -0.39 is 0 Å². The van der Waals surface area contributed by atoms with Crippen molar-refractivity contribution < 1.29 is 4.74 Å². The Hall–Kier alpha value is -0.0800. The van der Waals surface area contributed by atoms with E-state index in [0.29, 0.717) is 12.2 Å². The maximum atomic E-state index is 5.69. The fourth-order valence-corrected chi connectivity index (χ4v) is 1.17. The lowest BCUT2D eigenvalue weighted by Gasteiger charge is -2.28. The predicted molar refractivity (Wildman–Crippen MR) is 41.1 cm³/mol. The van der Waals surface area contributed by atoms with Gasteiger partial charge in [-0.05, 0) is 12.8 Å². The topological polar surface area (TPSA) is 23.3 Å². The number of rotatable bonds is 2. The fraction of sp³-hybridized carbons (Fsp3) is 1.00. The molecule has 0 aromatic heterocycles. The number of nitrogens with zero attached hydrogens (tertiary/aromatic N) is 1. The quantitative estimate of drug-likeness (QED) is 0.568. The van der Waals surface area contributed by atoms with Crippen LogP contribution in [-0.2, 0) is 4.74 Å². The Morgan fingerprint density at radius 2 is 1.70 bits per heavy atom. The molecule has 59 valence electrons. The Morgan fingerprint density at radius 3 is 2.10 bits per heavy atom. The van der Waals surface area contributed by atoms with E-state index >= 15 is 0 Å². The third-order valence-electron chi connectivity index (χ3n) is 1.96. The Labute approximate surface area is 63.0 Å². The molecule has 0 saturated carbocycles. The van der Waals surface area contributed by atoms with Crippen molar-refractivity contribution in [3.63, 3.8) is 0 Å². The molecule has 1 rings (SSSR count). The Kier molecular flexibility index (Phi) is 3.16. The molecular formula is C8H16NO. The van der Waals surface area contributed by atoms with Crippen LogP contribution in [0.1, 0.15) is 26.7 Å². The zero-order valence-electron chi connectivity index (χ0n) is 6.84. The van der Waals surface area contributed by atoms with E-state index in [1.807, 2.05) is 0 Å². The van der Waals surface area contributed by atoms with Gasteiger partial charge in [0.2, 0.25) is 0 Å². The third-order valence-corrected chi connectivity index (χ3v) is 1.96. The van der Waals surface area contributed by atoms with Gasteiger partial charge >= 0.3 is 0 Å². The number of hydrogen-bond donors (Lipinski definition) is 0. The minimum Gasteiger partial charge on any atom is -0.372 e. The maximum Gasteiger partial charge on any atom is 0.0717 e. The molecule has 0 N–H and O–H groups in total. The van der Waals surface area contributed by atoms with Crippen molar-refractivity contribution in [3.05, 3.63) is 0 Å². The largest absolute Gasteiger partial charge is 0.372 e. The molecule has 0 aromatic carbocycles. The normalized spacial score (nSPS) is 34.2. The zero-order valence-corrected chi connectivity index (χ0v) is 6.84. The minimum atomic E-state index is 0.402. The van der Waals surface area contributed by atoms with Crippen molar-refractivity contribution >= 4 is 0 Å². The minimum absolute atomic E-state index is 0.402. The number of hydrogen-bond acceptors (Lipinski definition) is 1. The van der Waals surface area contributed by atoms with Crippen LogP contribution in [0.5, 0.6) is 0 Å². The average Bonchev–Trinajstić information content (AvgIpc) is 2.05. The van der Waals surface area contributed by atoms with Gasteiger partial charge in [0.1, 0.15) is 0 Å². The molecule has 0 amide bonds. The van der Waals surface area contributed by atoms with Crippen LogP contribution in [0.2, 0.25) is 0 Å². The average molecular weight is 142 g/mol. The standard InChI is InChI=1S/C8H16NO/c1-3-7-5-9-6-8(4-2)10-7/h7-8H,3-6H2,1-2H3/t7-,8-/m1/s1. The van der Waals surface area contributed by atoms with Crippen molar-refractivity contribution in [2.45, 2.75) is 38.9 Å². The number of morpholine rings is 1. The molecule has 1 aliphatic rings. The second-order valence-corrected chi connectivity index (χ2v) is 2.79. The van der Waals surface area contributed by atoms with Gasteiger partial charge < -0.3 is 4.74 Å². The summed E-state index contributed by atoms with van der Waals surface area (Å²) in [5, 5.41) is 4.36. The van der Waals surface area contributed by atoms with Crippen LogP contribution in [-0.4, -0.2) is 25.3 Å². The van der Waals surface area contributed by atoms with Crippen molar-refractivity contribution in [2.75, 3.05) is 13.1 Å². The summed E-state index contributed by atoms with van der Waals surface area (Å²) >= 11 is 0. The fourth-order valence-electron chi connectivity index (χ4n) is 1.17. The van der Waals surface area contributed by atoms with Gasteiger partial charge in [0.25, 0.3) is 0 Å². The van der Waals surface area contributed by atoms with Gasteiger partial charge in [0.05, 0.1) is 12.2 Å². The van der Waals surface area contributed by atoms with Crippen molar-refractivity contribution in [1.29, 1.82) is 0 Å². The van der Waals surface area contributed by atoms with Crippen LogP contribution < -0.4 is 5.32 Å². The van der Waals surface area contributed by atoms with Crippen LogP contribution in [0.25, 0.3) is 0 Å². The molecule has 0 aromatic rings. The van der Waals surface area contributed by atoms with Gasteiger partial charge in [-0.3, -0.25) is 0 Å². The second kappa shape index (κ2) is 3.94. The molecule has 2 nitrogen and oxygen atoms in total. The summed E-state index contributed by atoms with van der Waals surface area (Å²) in [6.07, 6.45) is 3.00. The van der Waals surface area contributed by atoms with Gasteiger partial charge in [0, 0.05) is 13.1 Å². The summed E-state index contributed by atoms with van der Waals surface area (Å²) in [5.41, 5.74) is 0. The molecule has 2 atom stereocenters. The van der Waals surface area contributed by atoms with E-state index in [2.05, 4.69) is 19.2 Å². The lowest BCUT2D eigenvalue weighted by Crippen LogP contribution is -2.40.